The molecular formula is C7H10N2O2. The van der Waals surface area contributed by atoms with Crippen molar-refractivity contribution < 1.29 is 10.2 Å². The maximum atomic E-state index is 9.02. The average Bonchev–Trinajstić information content (AvgIpc) is 1.94. The summed E-state index contributed by atoms with van der Waals surface area (Å²) in [5.74, 6) is 5.06. The minimum atomic E-state index is -0.167. The van der Waals surface area contributed by atoms with Crippen molar-refractivity contribution in [3.63, 3.8) is 0 Å². The molecule has 0 bridgehead atoms. The van der Waals surface area contributed by atoms with Crippen LogP contribution in [0.2, 0.25) is 0 Å². The van der Waals surface area contributed by atoms with Gasteiger partial charge in [0, 0.05) is 13.1 Å². The summed E-state index contributed by atoms with van der Waals surface area (Å²) in [6.07, 6.45) is 0. The van der Waals surface area contributed by atoms with Gasteiger partial charge in [0.2, 0.25) is 0 Å². The summed E-state index contributed by atoms with van der Waals surface area (Å²) in [5, 5.41) is 19.3. The second-order valence-corrected chi connectivity index (χ2v) is 2.28. The molecule has 0 aromatic heterocycles. The number of phenols is 2. The largest absolute Gasteiger partial charge is 0.504 e. The molecule has 1 aromatic rings. The summed E-state index contributed by atoms with van der Waals surface area (Å²) < 4.78 is 0. The normalized spacial score (nSPS) is 9.64. The smallest absolute Gasteiger partial charge is 0.159 e. The quantitative estimate of drug-likeness (QED) is 0.311. The van der Waals surface area contributed by atoms with Gasteiger partial charge in [-0.3, -0.25) is 0 Å². The first-order valence-corrected chi connectivity index (χ1v) is 3.11. The number of anilines is 1. The van der Waals surface area contributed by atoms with Crippen molar-refractivity contribution in [2.75, 3.05) is 12.1 Å². The van der Waals surface area contributed by atoms with Crippen molar-refractivity contribution in [3.8, 4) is 11.5 Å². The van der Waals surface area contributed by atoms with E-state index in [9.17, 15) is 0 Å². The van der Waals surface area contributed by atoms with Crippen LogP contribution in [0.1, 0.15) is 0 Å². The van der Waals surface area contributed by atoms with E-state index in [1.807, 2.05) is 0 Å². The molecular weight excluding hydrogens is 144 g/mol. The monoisotopic (exact) mass is 154 g/mol. The van der Waals surface area contributed by atoms with Crippen LogP contribution in [0.3, 0.4) is 0 Å². The molecule has 0 saturated carbocycles. The molecule has 0 fully saturated rings. The Bertz CT molecular complexity index is 261. The summed E-state index contributed by atoms with van der Waals surface area (Å²) in [5.41, 5.74) is 0.639. The Labute approximate surface area is 64.5 Å². The zero-order valence-electron chi connectivity index (χ0n) is 6.15. The fraction of sp³-hybridized carbons (Fsp3) is 0.143. The maximum absolute atomic E-state index is 9.02. The van der Waals surface area contributed by atoms with Gasteiger partial charge in [0.05, 0.1) is 5.69 Å². The van der Waals surface area contributed by atoms with Crippen molar-refractivity contribution in [3.05, 3.63) is 18.2 Å². The van der Waals surface area contributed by atoms with E-state index in [0.29, 0.717) is 5.69 Å². The minimum Gasteiger partial charge on any atom is -0.504 e. The van der Waals surface area contributed by atoms with Gasteiger partial charge < -0.3 is 15.2 Å². The van der Waals surface area contributed by atoms with Crippen LogP contribution in [-0.4, -0.2) is 17.3 Å². The van der Waals surface area contributed by atoms with E-state index in [2.05, 4.69) is 0 Å². The summed E-state index contributed by atoms with van der Waals surface area (Å²) in [4.78, 5) is 0. The van der Waals surface area contributed by atoms with E-state index in [0.717, 1.165) is 0 Å². The van der Waals surface area contributed by atoms with Gasteiger partial charge in [-0.2, -0.15) is 0 Å². The third-order valence-corrected chi connectivity index (χ3v) is 1.37. The number of hydrogen-bond donors (Lipinski definition) is 3. The number of nitrogens with two attached hydrogens (primary N) is 1. The molecule has 0 heterocycles. The number of aromatic hydroxyl groups is 2. The fourth-order valence-corrected chi connectivity index (χ4v) is 0.731. The van der Waals surface area contributed by atoms with E-state index >= 15 is 0 Å². The fourth-order valence-electron chi connectivity index (χ4n) is 0.731. The molecule has 4 N–H and O–H groups in total. The lowest BCUT2D eigenvalue weighted by atomic mass is 10.3. The highest BCUT2D eigenvalue weighted by Crippen LogP contribution is 2.27. The van der Waals surface area contributed by atoms with Crippen molar-refractivity contribution in [1.29, 1.82) is 0 Å². The molecule has 11 heavy (non-hydrogen) atoms. The van der Waals surface area contributed by atoms with Crippen LogP contribution in [0.4, 0.5) is 5.69 Å². The highest BCUT2D eigenvalue weighted by molar-refractivity contribution is 5.53. The number of hydrogen-bond acceptors (Lipinski definition) is 4. The van der Waals surface area contributed by atoms with Gasteiger partial charge in [0.15, 0.2) is 11.5 Å². The molecule has 1 rings (SSSR count). The molecule has 0 radical (unpaired) electrons. The Hall–Kier alpha value is -1.42. The molecule has 0 amide bonds. The Morgan fingerprint density at radius 1 is 1.27 bits per heavy atom. The molecule has 0 spiro atoms. The lowest BCUT2D eigenvalue weighted by Crippen LogP contribution is -2.24. The van der Waals surface area contributed by atoms with Gasteiger partial charge in [-0.1, -0.05) is 0 Å². The average molecular weight is 154 g/mol. The highest BCUT2D eigenvalue weighted by atomic mass is 16.3. The summed E-state index contributed by atoms with van der Waals surface area (Å²) in [6.45, 7) is 0. The predicted octanol–water partition coefficient (Wildman–Crippen LogP) is 0.408. The summed E-state index contributed by atoms with van der Waals surface area (Å²) >= 11 is 0. The van der Waals surface area contributed by atoms with Crippen LogP contribution < -0.4 is 10.9 Å². The third-order valence-electron chi connectivity index (χ3n) is 1.37. The number of hydrazine groups is 1. The Morgan fingerprint density at radius 2 is 1.91 bits per heavy atom. The Balaban J connectivity index is 3.05. The highest BCUT2D eigenvalue weighted by Gasteiger charge is 2.00. The first-order valence-electron chi connectivity index (χ1n) is 3.11. The second kappa shape index (κ2) is 2.67. The Kier molecular flexibility index (Phi) is 1.87. The number of benzene rings is 1. The summed E-state index contributed by atoms with van der Waals surface area (Å²) in [6, 6.07) is 4.37. The van der Waals surface area contributed by atoms with Gasteiger partial charge in [0.1, 0.15) is 0 Å². The lowest BCUT2D eigenvalue weighted by Gasteiger charge is -2.11. The van der Waals surface area contributed by atoms with Gasteiger partial charge >= 0.3 is 0 Å². The summed E-state index contributed by atoms with van der Waals surface area (Å²) in [7, 11) is 1.64. The third kappa shape index (κ3) is 1.53. The molecule has 0 aliphatic rings. The van der Waals surface area contributed by atoms with Crippen molar-refractivity contribution in [1.82, 2.24) is 0 Å². The zero-order chi connectivity index (χ0) is 8.43. The van der Waals surface area contributed by atoms with Crippen LogP contribution in [-0.2, 0) is 0 Å². The zero-order valence-corrected chi connectivity index (χ0v) is 6.15. The van der Waals surface area contributed by atoms with E-state index in [1.165, 1.54) is 17.1 Å². The topological polar surface area (TPSA) is 69.7 Å². The molecule has 0 saturated heterocycles. The van der Waals surface area contributed by atoms with Crippen molar-refractivity contribution >= 4 is 5.69 Å². The Morgan fingerprint density at radius 3 is 2.36 bits per heavy atom. The molecule has 0 aliphatic carbocycles. The standard InChI is InChI=1S/C7H10N2O2/c1-9(8)5-2-3-6(10)7(11)4-5/h2-4,10-11H,8H2,1H3. The van der Waals surface area contributed by atoms with E-state index in [1.54, 1.807) is 13.1 Å². The van der Waals surface area contributed by atoms with Gasteiger partial charge in [0.25, 0.3) is 0 Å². The molecule has 60 valence electrons. The van der Waals surface area contributed by atoms with Gasteiger partial charge in [-0.25, -0.2) is 5.84 Å². The van der Waals surface area contributed by atoms with Gasteiger partial charge in [-0.05, 0) is 12.1 Å². The predicted molar refractivity (Wildman–Crippen MR) is 42.4 cm³/mol. The molecule has 0 unspecified atom stereocenters. The number of phenolic OH excluding ortho intramolecular Hbond substituents is 2. The molecule has 4 nitrogen and oxygen atoms in total. The van der Waals surface area contributed by atoms with E-state index < -0.39 is 0 Å². The van der Waals surface area contributed by atoms with Crippen molar-refractivity contribution in [2.45, 2.75) is 0 Å². The number of nitrogens with zero attached hydrogens (tertiary/aromatic N) is 1. The molecule has 1 aromatic carbocycles. The maximum Gasteiger partial charge on any atom is 0.159 e. The lowest BCUT2D eigenvalue weighted by molar-refractivity contribution is 0.404. The van der Waals surface area contributed by atoms with Gasteiger partial charge in [-0.15, -0.1) is 0 Å². The van der Waals surface area contributed by atoms with Crippen LogP contribution in [0, 0.1) is 0 Å². The van der Waals surface area contributed by atoms with E-state index in [-0.39, 0.29) is 11.5 Å². The van der Waals surface area contributed by atoms with Crippen LogP contribution in [0.15, 0.2) is 18.2 Å². The first-order chi connectivity index (χ1) is 5.11. The molecule has 0 aliphatic heterocycles. The number of rotatable bonds is 1. The second-order valence-electron chi connectivity index (χ2n) is 2.28. The van der Waals surface area contributed by atoms with Crippen LogP contribution in [0.5, 0.6) is 11.5 Å². The van der Waals surface area contributed by atoms with Crippen LogP contribution >= 0.6 is 0 Å². The van der Waals surface area contributed by atoms with Crippen molar-refractivity contribution in [2.24, 2.45) is 5.84 Å². The van der Waals surface area contributed by atoms with Crippen LogP contribution in [0.25, 0.3) is 0 Å². The SMILES string of the molecule is CN(N)c1ccc(O)c(O)c1. The first kappa shape index (κ1) is 7.68. The molecule has 0 atom stereocenters. The molecule has 4 heteroatoms. The minimum absolute atomic E-state index is 0.143. The van der Waals surface area contributed by atoms with E-state index in [4.69, 9.17) is 16.1 Å².